The third-order valence-corrected chi connectivity index (χ3v) is 14.4. The van der Waals surface area contributed by atoms with Crippen LogP contribution in [0, 0.1) is 11.8 Å². The number of nitrogens with zero attached hydrogens (tertiary/aromatic N) is 1. The van der Waals surface area contributed by atoms with E-state index in [0.717, 1.165) is 43.4 Å². The lowest BCUT2D eigenvalue weighted by molar-refractivity contribution is -0.330. The van der Waals surface area contributed by atoms with Gasteiger partial charge in [-0.25, -0.2) is 0 Å². The summed E-state index contributed by atoms with van der Waals surface area (Å²) in [6.07, 6.45) is 3.76. The van der Waals surface area contributed by atoms with Crippen molar-refractivity contribution in [3.05, 3.63) is 12.2 Å². The first-order valence-electron chi connectivity index (χ1n) is 20.6. The first kappa shape index (κ1) is 36.0. The van der Waals surface area contributed by atoms with Gasteiger partial charge in [-0.3, -0.25) is 9.79 Å². The minimum Gasteiger partial charge on any atom is -0.392 e. The lowest BCUT2D eigenvalue weighted by atomic mass is 9.79. The lowest BCUT2D eigenvalue weighted by Gasteiger charge is -2.54. The SMILES string of the molecule is C=C1C[C@@H]2CC[C@@]34C[C@H]5OC6[C@@H](O[C@H]7CC[C@@H]8CC(=O)C[C@@H]9[C@@H](OC)[C@@H](C[C@H](O)CNC)O[C@H]9C[C@H]9O[C@@H](CC[C@@H]1O2)C[C@@H](C)C9=N[C@@]7(O8)[C@@H]6O3)[C@H]5O4. The van der Waals surface area contributed by atoms with Crippen molar-refractivity contribution in [1.29, 1.82) is 0 Å². The molecule has 1 unspecified atom stereocenters. The molecule has 13 nitrogen and oxygen atoms in total. The fourth-order valence-electron chi connectivity index (χ4n) is 12.0. The Hall–Kier alpha value is -1.36. The molecule has 0 aromatic heterocycles. The predicted molar refractivity (Wildman–Crippen MR) is 188 cm³/mol. The number of aliphatic hydroxyl groups excluding tert-OH is 1. The summed E-state index contributed by atoms with van der Waals surface area (Å²) in [5.74, 6) is -0.902. The number of fused-ring (bicyclic) bond motifs is 5. The van der Waals surface area contributed by atoms with Crippen molar-refractivity contribution < 1.29 is 52.5 Å². The number of hydrogen-bond acceptors (Lipinski definition) is 13. The summed E-state index contributed by atoms with van der Waals surface area (Å²) in [5.41, 5.74) is 0.830. The largest absolute Gasteiger partial charge is 0.392 e. The number of nitrogens with one attached hydrogen (secondary N) is 1. The molecule has 13 bridgehead atoms. The Morgan fingerprint density at radius 3 is 2.60 bits per heavy atom. The number of likely N-dealkylation sites (N-methyl/N-ethyl adjacent to an activating group) is 1. The van der Waals surface area contributed by atoms with E-state index in [4.69, 9.17) is 47.6 Å². The number of ether oxygens (including phenoxy) is 9. The molecule has 12 aliphatic heterocycles. The van der Waals surface area contributed by atoms with Crippen LogP contribution in [0.5, 0.6) is 0 Å². The van der Waals surface area contributed by atoms with E-state index in [0.29, 0.717) is 51.5 Å². The zero-order chi connectivity index (χ0) is 36.2. The fraction of sp³-hybridized carbons (Fsp3) is 0.900. The van der Waals surface area contributed by atoms with Gasteiger partial charge in [0, 0.05) is 63.8 Å². The summed E-state index contributed by atoms with van der Waals surface area (Å²) >= 11 is 0. The maximum Gasteiger partial charge on any atom is 0.214 e. The number of rotatable bonds is 5. The van der Waals surface area contributed by atoms with Gasteiger partial charge in [-0.1, -0.05) is 13.5 Å². The molecule has 12 aliphatic rings. The number of aliphatic hydroxyl groups is 1. The highest BCUT2D eigenvalue weighted by Crippen LogP contribution is 2.58. The predicted octanol–water partition coefficient (Wildman–Crippen LogP) is 2.92. The first-order chi connectivity index (χ1) is 25.6. The number of hydrogen-bond donors (Lipinski definition) is 2. The monoisotopic (exact) mass is 742 g/mol. The maximum atomic E-state index is 14.1. The average Bonchev–Trinajstić information content (AvgIpc) is 3.78. The van der Waals surface area contributed by atoms with E-state index in [1.165, 1.54) is 0 Å². The minimum atomic E-state index is -1.24. The third kappa shape index (κ3) is 6.06. The van der Waals surface area contributed by atoms with Gasteiger partial charge in [0.1, 0.15) is 36.3 Å². The molecule has 0 saturated carbocycles. The van der Waals surface area contributed by atoms with Gasteiger partial charge in [0.15, 0.2) is 5.79 Å². The number of ketones is 1. The normalized spacial score (nSPS) is 53.5. The van der Waals surface area contributed by atoms with Crippen molar-refractivity contribution in [1.82, 2.24) is 5.32 Å². The van der Waals surface area contributed by atoms with Crippen LogP contribution in [0.25, 0.3) is 0 Å². The molecular weight excluding hydrogens is 684 g/mol. The van der Waals surface area contributed by atoms with Gasteiger partial charge in [-0.15, -0.1) is 0 Å². The summed E-state index contributed by atoms with van der Waals surface area (Å²) in [5, 5.41) is 13.9. The van der Waals surface area contributed by atoms with Crippen LogP contribution >= 0.6 is 0 Å². The van der Waals surface area contributed by atoms with Crippen molar-refractivity contribution in [2.45, 2.75) is 193 Å². The second kappa shape index (κ2) is 13.6. The highest BCUT2D eigenvalue weighted by molar-refractivity contribution is 5.92. The van der Waals surface area contributed by atoms with Gasteiger partial charge in [-0.05, 0) is 63.5 Å². The molecule has 0 aromatic carbocycles. The highest BCUT2D eigenvalue weighted by Gasteiger charge is 2.73. The summed E-state index contributed by atoms with van der Waals surface area (Å²) in [7, 11) is 3.51. The number of methoxy groups -OCH3 is 1. The van der Waals surface area contributed by atoms with Crippen LogP contribution in [0.3, 0.4) is 0 Å². The van der Waals surface area contributed by atoms with E-state index in [2.05, 4.69) is 18.8 Å². The number of Topliss-reactive ketones (excluding diaryl/α,β-unsaturated/α-hetero) is 1. The zero-order valence-electron chi connectivity index (χ0n) is 31.4. The van der Waals surface area contributed by atoms with Crippen LogP contribution < -0.4 is 5.32 Å². The fourth-order valence-corrected chi connectivity index (χ4v) is 12.0. The second-order valence-electron chi connectivity index (χ2n) is 17.9. The van der Waals surface area contributed by atoms with Crippen LogP contribution in [-0.4, -0.2) is 140 Å². The highest BCUT2D eigenvalue weighted by atomic mass is 16.8. The molecular formula is C40H58N2O11. The Morgan fingerprint density at radius 1 is 0.906 bits per heavy atom. The van der Waals surface area contributed by atoms with E-state index in [-0.39, 0.29) is 85.1 Å². The Kier molecular flexibility index (Phi) is 9.27. The maximum absolute atomic E-state index is 14.1. The molecule has 12 rings (SSSR count). The topological polar surface area (TPSA) is 145 Å². The first-order valence-corrected chi connectivity index (χ1v) is 20.6. The van der Waals surface area contributed by atoms with Gasteiger partial charge in [0.25, 0.3) is 0 Å². The Balaban J connectivity index is 1.08. The van der Waals surface area contributed by atoms with Gasteiger partial charge < -0.3 is 53.1 Å². The van der Waals surface area contributed by atoms with Crippen molar-refractivity contribution in [2.75, 3.05) is 20.7 Å². The smallest absolute Gasteiger partial charge is 0.214 e. The molecule has 19 atom stereocenters. The summed E-state index contributed by atoms with van der Waals surface area (Å²) in [4.78, 5) is 19.9. The van der Waals surface area contributed by atoms with E-state index in [1.807, 2.05) is 7.05 Å². The molecule has 53 heavy (non-hydrogen) atoms. The van der Waals surface area contributed by atoms with Crippen LogP contribution in [0.1, 0.15) is 90.4 Å². The molecule has 12 heterocycles. The molecule has 0 radical (unpaired) electrons. The Bertz CT molecular complexity index is 1480. The molecule has 2 spiro atoms. The zero-order valence-corrected chi connectivity index (χ0v) is 31.4. The van der Waals surface area contributed by atoms with Crippen molar-refractivity contribution in [3.63, 3.8) is 0 Å². The van der Waals surface area contributed by atoms with Crippen LogP contribution in [0.4, 0.5) is 0 Å². The standard InChI is InChI=1S/C40H58N2O11/c1-19-11-24-9-10-39-17-31-35(52-39)36-37(49-31)38(53-39)40-32(50-36)8-6-25(51-40)13-21(43)14-26-28(48-30(34(26)45-4)15-22(44)18-41-3)16-29-33(42-40)20(2)12-23(47-29)5-7-27(19)46-24/h20,22-32,34-38,41,44H,1,5-18H2,2-4H3/t20-,22+,23+,24+,25-,26+,27+,28+,29-,30-,31-,32+,34-,35+,36+,37?,38-,39+,40+/m1/s1. The third-order valence-electron chi connectivity index (χ3n) is 14.4. The molecule has 0 amide bonds. The molecule has 9 saturated heterocycles. The molecule has 294 valence electrons. The molecule has 2 N–H and O–H groups in total. The summed E-state index contributed by atoms with van der Waals surface area (Å²) in [6, 6.07) is 0. The lowest BCUT2D eigenvalue weighted by Crippen LogP contribution is -2.70. The van der Waals surface area contributed by atoms with E-state index >= 15 is 0 Å². The number of carbonyl (C=O) groups excluding carboxylic acids is 1. The second-order valence-corrected chi connectivity index (χ2v) is 17.9. The van der Waals surface area contributed by atoms with Crippen LogP contribution in [0.2, 0.25) is 0 Å². The minimum absolute atomic E-state index is 0.0100. The Morgan fingerprint density at radius 2 is 1.75 bits per heavy atom. The van der Waals surface area contributed by atoms with Crippen molar-refractivity contribution >= 4 is 11.5 Å². The van der Waals surface area contributed by atoms with Gasteiger partial charge in [0.2, 0.25) is 5.72 Å². The van der Waals surface area contributed by atoms with Crippen LogP contribution in [0.15, 0.2) is 17.1 Å². The molecule has 9 fully saturated rings. The average molecular weight is 743 g/mol. The number of aliphatic imine (C=N–C) groups is 1. The van der Waals surface area contributed by atoms with Crippen molar-refractivity contribution in [2.24, 2.45) is 16.8 Å². The van der Waals surface area contributed by atoms with Gasteiger partial charge in [-0.2, -0.15) is 0 Å². The molecule has 0 aromatic rings. The number of carbonyl (C=O) groups is 1. The molecule has 0 aliphatic carbocycles. The summed E-state index contributed by atoms with van der Waals surface area (Å²) < 4.78 is 62.0. The Labute approximate surface area is 312 Å². The van der Waals surface area contributed by atoms with Gasteiger partial charge >= 0.3 is 0 Å². The quantitative estimate of drug-likeness (QED) is 0.400. The van der Waals surface area contributed by atoms with Crippen LogP contribution in [-0.2, 0) is 47.4 Å². The van der Waals surface area contributed by atoms with E-state index in [9.17, 15) is 9.90 Å². The van der Waals surface area contributed by atoms with Gasteiger partial charge in [0.05, 0.1) is 61.0 Å². The van der Waals surface area contributed by atoms with E-state index in [1.54, 1.807) is 7.11 Å². The summed E-state index contributed by atoms with van der Waals surface area (Å²) in [6.45, 7) is 7.13. The molecule has 13 heteroatoms. The van der Waals surface area contributed by atoms with E-state index < -0.39 is 42.0 Å². The van der Waals surface area contributed by atoms with Crippen molar-refractivity contribution in [3.8, 4) is 0 Å².